The molecule has 1 amide bonds. The van der Waals surface area contributed by atoms with Crippen molar-refractivity contribution in [2.45, 2.75) is 44.6 Å². The third-order valence-corrected chi connectivity index (χ3v) is 4.28. The number of rotatable bonds is 2. The van der Waals surface area contributed by atoms with Gasteiger partial charge in [-0.05, 0) is 24.3 Å². The molecule has 0 aromatic carbocycles. The Morgan fingerprint density at radius 3 is 2.56 bits per heavy atom. The molecule has 2 nitrogen and oxygen atoms in total. The zero-order valence-electron chi connectivity index (χ0n) is 9.82. The molecule has 1 heterocycles. The number of nitrogens with zero attached hydrogens (tertiary/aromatic N) is 1. The van der Waals surface area contributed by atoms with Crippen LogP contribution in [0.1, 0.15) is 48.2 Å². The molecule has 88 valence electrons. The molecule has 1 aromatic heterocycles. The molecule has 0 saturated heterocycles. The summed E-state index contributed by atoms with van der Waals surface area (Å²) in [6.45, 7) is 0. The highest BCUT2D eigenvalue weighted by molar-refractivity contribution is 7.12. The van der Waals surface area contributed by atoms with Crippen molar-refractivity contribution in [3.8, 4) is 0 Å². The molecule has 0 atom stereocenters. The summed E-state index contributed by atoms with van der Waals surface area (Å²) in [5.74, 6) is 0.196. The molecule has 0 bridgehead atoms. The topological polar surface area (TPSA) is 20.3 Å². The van der Waals surface area contributed by atoms with E-state index in [1.807, 2.05) is 29.5 Å². The molecular weight excluding hydrogens is 218 g/mol. The zero-order valence-corrected chi connectivity index (χ0v) is 10.6. The molecule has 2 rings (SSSR count). The predicted octanol–water partition coefficient (Wildman–Crippen LogP) is 3.54. The number of hydrogen-bond acceptors (Lipinski definition) is 2. The van der Waals surface area contributed by atoms with Crippen LogP contribution in [0.2, 0.25) is 0 Å². The van der Waals surface area contributed by atoms with Gasteiger partial charge in [-0.3, -0.25) is 4.79 Å². The number of thiophene rings is 1. The van der Waals surface area contributed by atoms with E-state index in [0.29, 0.717) is 6.04 Å². The lowest BCUT2D eigenvalue weighted by molar-refractivity contribution is 0.0722. The third kappa shape index (κ3) is 2.64. The van der Waals surface area contributed by atoms with Gasteiger partial charge in [0.25, 0.3) is 5.91 Å². The van der Waals surface area contributed by atoms with Crippen LogP contribution in [0.15, 0.2) is 17.5 Å². The molecule has 1 aromatic rings. The van der Waals surface area contributed by atoms with Gasteiger partial charge in [-0.1, -0.05) is 31.7 Å². The fourth-order valence-electron chi connectivity index (χ4n) is 2.38. The summed E-state index contributed by atoms with van der Waals surface area (Å²) < 4.78 is 0. The Bertz CT molecular complexity index is 326. The maximum atomic E-state index is 12.2. The first kappa shape index (κ1) is 11.6. The Morgan fingerprint density at radius 2 is 2.00 bits per heavy atom. The molecule has 0 spiro atoms. The smallest absolute Gasteiger partial charge is 0.263 e. The van der Waals surface area contributed by atoms with Crippen molar-refractivity contribution < 1.29 is 4.79 Å². The number of carbonyl (C=O) groups excluding carboxylic acids is 1. The van der Waals surface area contributed by atoms with E-state index >= 15 is 0 Å². The first-order valence-electron chi connectivity index (χ1n) is 6.09. The minimum Gasteiger partial charge on any atom is -0.338 e. The van der Waals surface area contributed by atoms with Crippen LogP contribution in [0.4, 0.5) is 0 Å². The van der Waals surface area contributed by atoms with Gasteiger partial charge in [0.2, 0.25) is 0 Å². The first-order valence-corrected chi connectivity index (χ1v) is 6.97. The zero-order chi connectivity index (χ0) is 11.4. The average molecular weight is 237 g/mol. The largest absolute Gasteiger partial charge is 0.338 e. The summed E-state index contributed by atoms with van der Waals surface area (Å²) in [4.78, 5) is 15.0. The van der Waals surface area contributed by atoms with Gasteiger partial charge in [-0.2, -0.15) is 0 Å². The van der Waals surface area contributed by atoms with Crippen LogP contribution in [0, 0.1) is 0 Å². The molecule has 0 N–H and O–H groups in total. The van der Waals surface area contributed by atoms with Crippen molar-refractivity contribution in [2.24, 2.45) is 0 Å². The average Bonchev–Trinajstić information content (AvgIpc) is 2.70. The Morgan fingerprint density at radius 1 is 1.31 bits per heavy atom. The van der Waals surface area contributed by atoms with Gasteiger partial charge in [-0.15, -0.1) is 11.3 Å². The van der Waals surface area contributed by atoms with Crippen molar-refractivity contribution in [1.82, 2.24) is 4.90 Å². The Hall–Kier alpha value is -0.830. The first-order chi connectivity index (χ1) is 7.79. The quantitative estimate of drug-likeness (QED) is 0.720. The molecule has 1 aliphatic carbocycles. The molecule has 1 aliphatic rings. The summed E-state index contributed by atoms with van der Waals surface area (Å²) in [5.41, 5.74) is 0. The fraction of sp³-hybridized carbons (Fsp3) is 0.615. The highest BCUT2D eigenvalue weighted by Crippen LogP contribution is 2.23. The van der Waals surface area contributed by atoms with Gasteiger partial charge >= 0.3 is 0 Å². The van der Waals surface area contributed by atoms with E-state index in [-0.39, 0.29) is 5.91 Å². The van der Waals surface area contributed by atoms with E-state index < -0.39 is 0 Å². The molecule has 0 radical (unpaired) electrons. The van der Waals surface area contributed by atoms with Crippen LogP contribution < -0.4 is 0 Å². The molecule has 1 fully saturated rings. The summed E-state index contributed by atoms with van der Waals surface area (Å²) in [7, 11) is 1.96. The SMILES string of the molecule is CN(C(=O)c1cccs1)C1CCCCCC1. The normalized spacial score (nSPS) is 18.1. The van der Waals surface area contributed by atoms with Crippen LogP contribution in [0.3, 0.4) is 0 Å². The van der Waals surface area contributed by atoms with Gasteiger partial charge in [0.15, 0.2) is 0 Å². The second-order valence-corrected chi connectivity index (χ2v) is 5.49. The van der Waals surface area contributed by atoms with Crippen molar-refractivity contribution in [3.63, 3.8) is 0 Å². The van der Waals surface area contributed by atoms with Crippen molar-refractivity contribution in [1.29, 1.82) is 0 Å². The molecule has 0 aliphatic heterocycles. The Labute approximate surface area is 101 Å². The molecule has 3 heteroatoms. The number of hydrogen-bond donors (Lipinski definition) is 0. The third-order valence-electron chi connectivity index (χ3n) is 3.42. The van der Waals surface area contributed by atoms with E-state index in [0.717, 1.165) is 4.88 Å². The van der Waals surface area contributed by atoms with Crippen LogP contribution in [0.25, 0.3) is 0 Å². The Balaban J connectivity index is 2.00. The van der Waals surface area contributed by atoms with Crippen LogP contribution >= 0.6 is 11.3 Å². The second kappa shape index (κ2) is 5.48. The lowest BCUT2D eigenvalue weighted by atomic mass is 10.1. The maximum absolute atomic E-state index is 12.2. The van der Waals surface area contributed by atoms with Gasteiger partial charge < -0.3 is 4.90 Å². The summed E-state index contributed by atoms with van der Waals surface area (Å²) in [6, 6.07) is 4.32. The molecule has 1 saturated carbocycles. The van der Waals surface area contributed by atoms with E-state index in [2.05, 4.69) is 0 Å². The highest BCUT2D eigenvalue weighted by Gasteiger charge is 2.22. The van der Waals surface area contributed by atoms with Crippen LogP contribution in [-0.4, -0.2) is 23.9 Å². The van der Waals surface area contributed by atoms with Gasteiger partial charge in [0.1, 0.15) is 0 Å². The van der Waals surface area contributed by atoms with Crippen molar-refractivity contribution in [2.75, 3.05) is 7.05 Å². The minimum absolute atomic E-state index is 0.196. The van der Waals surface area contributed by atoms with Gasteiger partial charge in [0, 0.05) is 13.1 Å². The van der Waals surface area contributed by atoms with Gasteiger partial charge in [-0.25, -0.2) is 0 Å². The summed E-state index contributed by atoms with van der Waals surface area (Å²) >= 11 is 1.54. The lowest BCUT2D eigenvalue weighted by Crippen LogP contribution is -2.36. The van der Waals surface area contributed by atoms with Crippen molar-refractivity contribution >= 4 is 17.2 Å². The predicted molar refractivity (Wildman–Crippen MR) is 67.9 cm³/mol. The Kier molecular flexibility index (Phi) is 3.99. The summed E-state index contributed by atoms with van der Waals surface area (Å²) in [6.07, 6.45) is 7.55. The van der Waals surface area contributed by atoms with Crippen LogP contribution in [-0.2, 0) is 0 Å². The molecular formula is C13H19NOS. The monoisotopic (exact) mass is 237 g/mol. The lowest BCUT2D eigenvalue weighted by Gasteiger charge is -2.26. The standard InChI is InChI=1S/C13H19NOS/c1-14(11-7-4-2-3-5-8-11)13(15)12-9-6-10-16-12/h6,9-11H,2-5,7-8H2,1H3. The van der Waals surface area contributed by atoms with E-state index in [1.165, 1.54) is 49.9 Å². The fourth-order valence-corrected chi connectivity index (χ4v) is 3.09. The maximum Gasteiger partial charge on any atom is 0.263 e. The molecule has 0 unspecified atom stereocenters. The van der Waals surface area contributed by atoms with E-state index in [9.17, 15) is 4.79 Å². The van der Waals surface area contributed by atoms with Crippen molar-refractivity contribution in [3.05, 3.63) is 22.4 Å². The van der Waals surface area contributed by atoms with E-state index in [4.69, 9.17) is 0 Å². The summed E-state index contributed by atoms with van der Waals surface area (Å²) in [5, 5.41) is 1.97. The second-order valence-electron chi connectivity index (χ2n) is 4.54. The highest BCUT2D eigenvalue weighted by atomic mass is 32.1. The molecule has 16 heavy (non-hydrogen) atoms. The minimum atomic E-state index is 0.196. The number of carbonyl (C=O) groups is 1. The van der Waals surface area contributed by atoms with Gasteiger partial charge in [0.05, 0.1) is 4.88 Å². The van der Waals surface area contributed by atoms with E-state index in [1.54, 1.807) is 0 Å². The van der Waals surface area contributed by atoms with Crippen LogP contribution in [0.5, 0.6) is 0 Å². The number of amides is 1.